The highest BCUT2D eigenvalue weighted by molar-refractivity contribution is 6.00. The van der Waals surface area contributed by atoms with E-state index in [0.29, 0.717) is 0 Å². The van der Waals surface area contributed by atoms with Crippen LogP contribution in [0.1, 0.15) is 16.7 Å². The van der Waals surface area contributed by atoms with Gasteiger partial charge < -0.3 is 26.8 Å². The molecule has 2 aromatic carbocycles. The second-order valence-corrected chi connectivity index (χ2v) is 8.49. The van der Waals surface area contributed by atoms with Crippen molar-refractivity contribution in [2.24, 2.45) is 0 Å². The number of fused-ring (bicyclic) bond motifs is 1. The minimum absolute atomic E-state index is 0.689. The van der Waals surface area contributed by atoms with E-state index in [1.807, 2.05) is 0 Å². The third kappa shape index (κ3) is 4.68. The van der Waals surface area contributed by atoms with Crippen molar-refractivity contribution in [2.75, 3.05) is 11.5 Å². The molecule has 0 heterocycles. The lowest BCUT2D eigenvalue weighted by Gasteiger charge is -2.38. The summed E-state index contributed by atoms with van der Waals surface area (Å²) < 4.78 is 243. The summed E-state index contributed by atoms with van der Waals surface area (Å²) in [7, 11) is 0. The second kappa shape index (κ2) is 9.21. The summed E-state index contributed by atoms with van der Waals surface area (Å²) in [5.41, 5.74) is -23.2. The van der Waals surface area contributed by atoms with Gasteiger partial charge in [-0.25, -0.2) is 0 Å². The SMILES string of the molecule is Nc1cc2c(C(O)(C(F)(F)F)C(F)(F)F)cc(C(O)(C(F)(F)F)C(F)(F)F)c(N)c2cc1C(O)(C(F)(F)F)C(F)(F)F. The third-order valence-corrected chi connectivity index (χ3v) is 5.98. The molecule has 0 radical (unpaired) electrons. The first-order valence-electron chi connectivity index (χ1n) is 9.88. The summed E-state index contributed by atoms with van der Waals surface area (Å²) in [5.74, 6) is 0. The van der Waals surface area contributed by atoms with Gasteiger partial charge in [-0.05, 0) is 23.6 Å². The Kier molecular flexibility index (Phi) is 7.70. The van der Waals surface area contributed by atoms with Gasteiger partial charge in [0.05, 0.1) is 0 Å². The van der Waals surface area contributed by atoms with Crippen LogP contribution in [0.3, 0.4) is 0 Å². The molecule has 0 atom stereocenters. The number of rotatable bonds is 3. The summed E-state index contributed by atoms with van der Waals surface area (Å²) in [6.07, 6.45) is -42.4. The Balaban J connectivity index is 3.49. The standard InChI is InChI=1S/C19H10F18N2O3/c20-14(21,22)11(40,15(23,24)25)6-3-8(13(42,18(32,33)34)19(35,36)37)10(39)5-1-7(9(38)2-4(5)6)12(41,16(26,27)28)17(29,30)31/h1-3,40-42H,38-39H2. The van der Waals surface area contributed by atoms with E-state index in [2.05, 4.69) is 0 Å². The zero-order chi connectivity index (χ0) is 33.7. The first-order chi connectivity index (χ1) is 18.1. The molecule has 2 rings (SSSR count). The van der Waals surface area contributed by atoms with Crippen LogP contribution in [0.25, 0.3) is 10.8 Å². The second-order valence-electron chi connectivity index (χ2n) is 8.49. The predicted molar refractivity (Wildman–Crippen MR) is 101 cm³/mol. The molecular weight excluding hydrogens is 646 g/mol. The summed E-state index contributed by atoms with van der Waals surface area (Å²) in [5, 5.41) is 24.4. The molecule has 0 aliphatic heterocycles. The lowest BCUT2D eigenvalue weighted by atomic mass is 9.79. The van der Waals surface area contributed by atoms with E-state index in [-0.39, 0.29) is 0 Å². The molecular formula is C19H10F18N2O3. The fourth-order valence-electron chi connectivity index (χ4n) is 3.82. The number of anilines is 2. The van der Waals surface area contributed by atoms with Crippen molar-refractivity contribution < 1.29 is 94.3 Å². The quantitative estimate of drug-likeness (QED) is 0.208. The Labute approximate surface area is 217 Å². The number of benzene rings is 2. The number of nitrogens with two attached hydrogens (primary N) is 2. The average Bonchev–Trinajstić information content (AvgIpc) is 2.72. The van der Waals surface area contributed by atoms with E-state index in [0.717, 1.165) is 0 Å². The van der Waals surface area contributed by atoms with Crippen LogP contribution in [-0.4, -0.2) is 52.4 Å². The molecule has 240 valence electrons. The molecule has 0 bridgehead atoms. The molecule has 23 heteroatoms. The van der Waals surface area contributed by atoms with E-state index in [9.17, 15) is 94.3 Å². The number of hydrogen-bond donors (Lipinski definition) is 5. The van der Waals surface area contributed by atoms with Crippen LogP contribution in [0.2, 0.25) is 0 Å². The minimum Gasteiger partial charge on any atom is -0.398 e. The van der Waals surface area contributed by atoms with Crippen molar-refractivity contribution >= 4 is 22.1 Å². The summed E-state index contributed by atoms with van der Waals surface area (Å²) in [6.45, 7) is 0. The Morgan fingerprint density at radius 3 is 0.976 bits per heavy atom. The van der Waals surface area contributed by atoms with E-state index >= 15 is 0 Å². The molecule has 42 heavy (non-hydrogen) atoms. The fraction of sp³-hybridized carbons (Fsp3) is 0.474. The highest BCUT2D eigenvalue weighted by Gasteiger charge is 2.75. The van der Waals surface area contributed by atoms with Crippen molar-refractivity contribution in [2.45, 2.75) is 53.9 Å². The maximum atomic E-state index is 13.6. The van der Waals surface area contributed by atoms with Crippen LogP contribution >= 0.6 is 0 Å². The van der Waals surface area contributed by atoms with Gasteiger partial charge in [-0.3, -0.25) is 0 Å². The molecule has 0 aromatic heterocycles. The lowest BCUT2D eigenvalue weighted by Crippen LogP contribution is -2.56. The molecule has 5 nitrogen and oxygen atoms in total. The summed E-state index contributed by atoms with van der Waals surface area (Å²) in [4.78, 5) is 0. The smallest absolute Gasteiger partial charge is 0.398 e. The number of hydrogen-bond acceptors (Lipinski definition) is 5. The predicted octanol–water partition coefficient (Wildman–Crippen LogP) is 5.94. The Morgan fingerprint density at radius 2 is 0.667 bits per heavy atom. The monoisotopic (exact) mass is 656 g/mol. The van der Waals surface area contributed by atoms with Gasteiger partial charge in [-0.2, -0.15) is 79.0 Å². The van der Waals surface area contributed by atoms with E-state index < -0.39 is 111 Å². The lowest BCUT2D eigenvalue weighted by molar-refractivity contribution is -0.378. The normalized spacial score (nSPS) is 15.5. The van der Waals surface area contributed by atoms with Crippen LogP contribution in [0, 0.1) is 0 Å². The molecule has 0 unspecified atom stereocenters. The summed E-state index contributed by atoms with van der Waals surface area (Å²) >= 11 is 0. The van der Waals surface area contributed by atoms with Crippen LogP contribution in [0.15, 0.2) is 18.2 Å². The van der Waals surface area contributed by atoms with Crippen molar-refractivity contribution in [1.29, 1.82) is 0 Å². The largest absolute Gasteiger partial charge is 0.430 e. The van der Waals surface area contributed by atoms with E-state index in [1.165, 1.54) is 0 Å². The molecule has 2 aromatic rings. The van der Waals surface area contributed by atoms with Gasteiger partial charge in [0.25, 0.3) is 16.8 Å². The Morgan fingerprint density at radius 1 is 0.381 bits per heavy atom. The highest BCUT2D eigenvalue weighted by atomic mass is 19.4. The molecule has 0 aliphatic carbocycles. The van der Waals surface area contributed by atoms with E-state index in [4.69, 9.17) is 11.5 Å². The first-order valence-corrected chi connectivity index (χ1v) is 9.88. The molecule has 0 amide bonds. The number of alkyl halides is 18. The van der Waals surface area contributed by atoms with Gasteiger partial charge in [-0.1, -0.05) is 0 Å². The number of halogens is 18. The third-order valence-electron chi connectivity index (χ3n) is 5.98. The van der Waals surface area contributed by atoms with Crippen LogP contribution in [0.5, 0.6) is 0 Å². The highest BCUT2D eigenvalue weighted by Crippen LogP contribution is 2.58. The van der Waals surface area contributed by atoms with Crippen LogP contribution in [0.4, 0.5) is 90.4 Å². The van der Waals surface area contributed by atoms with Crippen LogP contribution < -0.4 is 11.5 Å². The van der Waals surface area contributed by atoms with Crippen molar-refractivity contribution in [1.82, 2.24) is 0 Å². The molecule has 0 spiro atoms. The fourth-order valence-corrected chi connectivity index (χ4v) is 3.82. The molecule has 0 fully saturated rings. The van der Waals surface area contributed by atoms with Crippen molar-refractivity contribution in [3.05, 3.63) is 34.9 Å². The first kappa shape index (κ1) is 35.1. The molecule has 0 aliphatic rings. The Hall–Kier alpha value is -3.08. The number of aliphatic hydroxyl groups is 3. The van der Waals surface area contributed by atoms with Gasteiger partial charge in [0.2, 0.25) is 0 Å². The van der Waals surface area contributed by atoms with Gasteiger partial charge in [0, 0.05) is 33.5 Å². The maximum absolute atomic E-state index is 13.6. The zero-order valence-electron chi connectivity index (χ0n) is 19.0. The van der Waals surface area contributed by atoms with E-state index in [1.54, 1.807) is 0 Å². The zero-order valence-corrected chi connectivity index (χ0v) is 19.0. The van der Waals surface area contributed by atoms with Crippen molar-refractivity contribution in [3.8, 4) is 0 Å². The molecule has 0 saturated carbocycles. The van der Waals surface area contributed by atoms with Gasteiger partial charge in [0.15, 0.2) is 0 Å². The van der Waals surface area contributed by atoms with Gasteiger partial charge in [-0.15, -0.1) is 0 Å². The minimum atomic E-state index is -7.16. The van der Waals surface area contributed by atoms with Crippen molar-refractivity contribution in [3.63, 3.8) is 0 Å². The molecule has 0 saturated heterocycles. The Bertz CT molecular complexity index is 1320. The maximum Gasteiger partial charge on any atom is 0.430 e. The topological polar surface area (TPSA) is 113 Å². The van der Waals surface area contributed by atoms with Crippen LogP contribution in [-0.2, 0) is 16.8 Å². The molecule has 7 N–H and O–H groups in total. The van der Waals surface area contributed by atoms with Gasteiger partial charge >= 0.3 is 37.1 Å². The van der Waals surface area contributed by atoms with Gasteiger partial charge in [0.1, 0.15) is 0 Å². The average molecular weight is 656 g/mol. The number of nitrogen functional groups attached to an aromatic ring is 2. The summed E-state index contributed by atoms with van der Waals surface area (Å²) in [6, 6.07) is -3.07.